The van der Waals surface area contributed by atoms with E-state index >= 15 is 0 Å². The minimum Gasteiger partial charge on any atom is -0.481 e. The summed E-state index contributed by atoms with van der Waals surface area (Å²) in [5.74, 6) is -2.21. The quantitative estimate of drug-likeness (QED) is 0.527. The van der Waals surface area contributed by atoms with Crippen molar-refractivity contribution >= 4 is 11.9 Å². The zero-order valence-electron chi connectivity index (χ0n) is 18.6. The first-order valence-electron chi connectivity index (χ1n) is 11.9. The number of aliphatic carboxylic acids is 1. The molecule has 1 spiro atoms. The van der Waals surface area contributed by atoms with Gasteiger partial charge in [0.2, 0.25) is 12.1 Å². The van der Waals surface area contributed by atoms with Crippen LogP contribution in [-0.4, -0.2) is 41.0 Å². The lowest BCUT2D eigenvalue weighted by Crippen LogP contribution is -2.70. The van der Waals surface area contributed by atoms with Crippen LogP contribution in [0.4, 0.5) is 0 Å². The Hall–Kier alpha value is -1.22. The molecular weight excluding hydrogens is 404 g/mol. The molecular formula is C23H34O8. The van der Waals surface area contributed by atoms with Crippen molar-refractivity contribution in [1.82, 2.24) is 0 Å². The highest BCUT2D eigenvalue weighted by Gasteiger charge is 2.69. The first kappa shape index (κ1) is 21.6. The molecule has 174 valence electrons. The molecule has 0 radical (unpaired) electrons. The van der Waals surface area contributed by atoms with E-state index in [-0.39, 0.29) is 23.7 Å². The third-order valence-corrected chi connectivity index (χ3v) is 8.69. The maximum absolute atomic E-state index is 13.0. The van der Waals surface area contributed by atoms with Crippen molar-refractivity contribution in [3.63, 3.8) is 0 Å². The average Bonchev–Trinajstić information content (AvgIpc) is 2.98. The predicted octanol–water partition coefficient (Wildman–Crippen LogP) is 3.63. The van der Waals surface area contributed by atoms with Gasteiger partial charge in [0.1, 0.15) is 0 Å². The van der Waals surface area contributed by atoms with Crippen molar-refractivity contribution in [2.24, 2.45) is 35.5 Å². The van der Waals surface area contributed by atoms with Gasteiger partial charge in [-0.2, -0.15) is 0 Å². The smallest absolute Gasteiger partial charge is 0.311 e. The van der Waals surface area contributed by atoms with Gasteiger partial charge in [-0.1, -0.05) is 20.3 Å². The molecule has 0 amide bonds. The highest BCUT2D eigenvalue weighted by atomic mass is 17.3. The van der Waals surface area contributed by atoms with Gasteiger partial charge in [-0.25, -0.2) is 9.78 Å². The van der Waals surface area contributed by atoms with Crippen LogP contribution in [0.3, 0.4) is 0 Å². The molecule has 2 aliphatic carbocycles. The average molecular weight is 439 g/mol. The highest BCUT2D eigenvalue weighted by Crippen LogP contribution is 2.60. The van der Waals surface area contributed by atoms with E-state index in [4.69, 9.17) is 24.0 Å². The topological polar surface area (TPSA) is 101 Å². The van der Waals surface area contributed by atoms with Crippen LogP contribution in [-0.2, 0) is 33.6 Å². The number of rotatable bonds is 3. The van der Waals surface area contributed by atoms with Crippen LogP contribution in [0.1, 0.15) is 72.1 Å². The molecule has 2 saturated carbocycles. The summed E-state index contributed by atoms with van der Waals surface area (Å²) in [5.41, 5.74) is -0.685. The normalized spacial score (nSPS) is 51.5. The van der Waals surface area contributed by atoms with E-state index in [1.54, 1.807) is 0 Å². The Labute approximate surface area is 182 Å². The molecule has 0 aromatic carbocycles. The van der Waals surface area contributed by atoms with Crippen molar-refractivity contribution in [2.75, 3.05) is 0 Å². The molecule has 4 heterocycles. The van der Waals surface area contributed by atoms with Gasteiger partial charge in [0.05, 0.1) is 11.8 Å². The zero-order chi connectivity index (χ0) is 22.0. The highest BCUT2D eigenvalue weighted by molar-refractivity contribution is 5.75. The molecule has 31 heavy (non-hydrogen) atoms. The van der Waals surface area contributed by atoms with E-state index in [0.717, 1.165) is 32.1 Å². The third kappa shape index (κ3) is 3.41. The number of carboxylic acids is 1. The number of carboxylic acid groups (broad SMARTS) is 1. The number of ether oxygens (including phenoxy) is 3. The van der Waals surface area contributed by atoms with Crippen LogP contribution in [0.15, 0.2) is 0 Å². The van der Waals surface area contributed by atoms with Gasteiger partial charge in [0.15, 0.2) is 11.9 Å². The molecule has 4 unspecified atom stereocenters. The number of carbonyl (C=O) groups is 2. The van der Waals surface area contributed by atoms with Crippen molar-refractivity contribution in [3.8, 4) is 0 Å². The minimum absolute atomic E-state index is 0.0799. The van der Waals surface area contributed by atoms with Crippen LogP contribution >= 0.6 is 0 Å². The molecule has 2 bridgehead atoms. The summed E-state index contributed by atoms with van der Waals surface area (Å²) in [5, 5.41) is 9.34. The van der Waals surface area contributed by atoms with Gasteiger partial charge in [-0.3, -0.25) is 9.59 Å². The molecule has 1 N–H and O–H groups in total. The Morgan fingerprint density at radius 1 is 1.00 bits per heavy atom. The molecule has 6 aliphatic rings. The monoisotopic (exact) mass is 438 g/mol. The molecule has 0 aromatic rings. The molecule has 0 aromatic heterocycles. The van der Waals surface area contributed by atoms with Crippen LogP contribution in [0.5, 0.6) is 0 Å². The fraction of sp³-hybridized carbons (Fsp3) is 0.913. The maximum atomic E-state index is 13.0. The predicted molar refractivity (Wildman–Crippen MR) is 106 cm³/mol. The molecule has 6 rings (SSSR count). The van der Waals surface area contributed by atoms with E-state index in [0.29, 0.717) is 25.2 Å². The summed E-state index contributed by atoms with van der Waals surface area (Å²) >= 11 is 0. The van der Waals surface area contributed by atoms with Crippen molar-refractivity contribution < 1.29 is 38.7 Å². The summed E-state index contributed by atoms with van der Waals surface area (Å²) < 4.78 is 18.5. The number of fused-ring (bicyclic) bond motifs is 2. The van der Waals surface area contributed by atoms with E-state index in [9.17, 15) is 14.7 Å². The van der Waals surface area contributed by atoms with Gasteiger partial charge in [0.25, 0.3) is 0 Å². The lowest BCUT2D eigenvalue weighted by molar-refractivity contribution is -0.576. The Kier molecular flexibility index (Phi) is 5.35. The second-order valence-corrected chi connectivity index (χ2v) is 10.6. The SMILES string of the molecule is C[C@@H]1CCC2[C@@H](C)[C@H](OC(=O)C3CCCC(C(=O)O)C3)O[C@@H]3O[C@]4(C)CC[C@@H]1C23OO4. The second-order valence-electron chi connectivity index (χ2n) is 10.6. The van der Waals surface area contributed by atoms with Crippen molar-refractivity contribution in [3.05, 3.63) is 0 Å². The lowest BCUT2D eigenvalue weighted by atomic mass is 9.58. The van der Waals surface area contributed by atoms with Crippen LogP contribution in [0.2, 0.25) is 0 Å². The van der Waals surface area contributed by atoms with Crippen molar-refractivity contribution in [2.45, 2.75) is 96.1 Å². The standard InChI is InChI=1S/C23H34O8/c1-12-7-8-17-13(2)20(27-19(26)15-6-4-5-14(11-15)18(24)25)28-21-23(17)16(12)9-10-22(3,29-21)30-31-23/h12-17,20-21H,4-11H2,1-3H3,(H,24,25)/t12-,13-,14?,15?,16+,17?,20-,21-,22+,23?/m1/s1. The zero-order valence-corrected chi connectivity index (χ0v) is 18.6. The summed E-state index contributed by atoms with van der Waals surface area (Å²) in [7, 11) is 0. The summed E-state index contributed by atoms with van der Waals surface area (Å²) in [6.07, 6.45) is 4.63. The third-order valence-electron chi connectivity index (χ3n) is 8.69. The van der Waals surface area contributed by atoms with Crippen LogP contribution < -0.4 is 0 Å². The van der Waals surface area contributed by atoms with Gasteiger partial charge in [0, 0.05) is 18.3 Å². The van der Waals surface area contributed by atoms with E-state index in [1.165, 1.54) is 0 Å². The molecule has 8 nitrogen and oxygen atoms in total. The number of carbonyl (C=O) groups excluding carboxylic acids is 1. The first-order chi connectivity index (χ1) is 14.7. The molecule has 4 aliphatic heterocycles. The number of esters is 1. The Bertz CT molecular complexity index is 741. The van der Waals surface area contributed by atoms with Gasteiger partial charge >= 0.3 is 11.9 Å². The summed E-state index contributed by atoms with van der Waals surface area (Å²) in [4.78, 5) is 36.3. The maximum Gasteiger partial charge on any atom is 0.311 e. The summed E-state index contributed by atoms with van der Waals surface area (Å²) in [6, 6.07) is 0. The Morgan fingerprint density at radius 3 is 2.55 bits per heavy atom. The number of hydrogen-bond donors (Lipinski definition) is 1. The van der Waals surface area contributed by atoms with Gasteiger partial charge in [-0.15, -0.1) is 0 Å². The van der Waals surface area contributed by atoms with Crippen LogP contribution in [0, 0.1) is 35.5 Å². The Morgan fingerprint density at radius 2 is 1.77 bits per heavy atom. The van der Waals surface area contributed by atoms with Crippen molar-refractivity contribution in [1.29, 1.82) is 0 Å². The van der Waals surface area contributed by atoms with Gasteiger partial charge in [-0.05, 0) is 57.3 Å². The molecule has 8 heteroatoms. The van der Waals surface area contributed by atoms with Crippen LogP contribution in [0.25, 0.3) is 0 Å². The largest absolute Gasteiger partial charge is 0.481 e. The Balaban J connectivity index is 1.36. The first-order valence-corrected chi connectivity index (χ1v) is 11.9. The summed E-state index contributed by atoms with van der Waals surface area (Å²) in [6.45, 7) is 6.17. The van der Waals surface area contributed by atoms with E-state index < -0.39 is 41.8 Å². The number of hydrogen-bond acceptors (Lipinski definition) is 7. The molecule has 10 atom stereocenters. The fourth-order valence-corrected chi connectivity index (χ4v) is 6.85. The fourth-order valence-electron chi connectivity index (χ4n) is 6.85. The second kappa shape index (κ2) is 7.68. The minimum atomic E-state index is -0.870. The van der Waals surface area contributed by atoms with E-state index in [1.807, 2.05) is 13.8 Å². The van der Waals surface area contributed by atoms with Gasteiger partial charge < -0.3 is 19.3 Å². The molecule has 4 saturated heterocycles. The molecule has 6 fully saturated rings. The van der Waals surface area contributed by atoms with E-state index in [2.05, 4.69) is 6.92 Å². The lowest BCUT2D eigenvalue weighted by Gasteiger charge is -2.60.